The Morgan fingerprint density at radius 3 is 2.30 bits per heavy atom. The third-order valence-electron chi connectivity index (χ3n) is 4.68. The van der Waals surface area contributed by atoms with Crippen molar-refractivity contribution in [3.05, 3.63) is 65.0 Å². The molecule has 0 saturated heterocycles. The van der Waals surface area contributed by atoms with Gasteiger partial charge in [0, 0.05) is 11.5 Å². The Labute approximate surface area is 176 Å². The Hall–Kier alpha value is -2.80. The fourth-order valence-electron chi connectivity index (χ4n) is 3.05. The lowest BCUT2D eigenvalue weighted by Crippen LogP contribution is -2.09. The summed E-state index contributed by atoms with van der Waals surface area (Å²) in [7, 11) is -3.99. The van der Waals surface area contributed by atoms with Crippen LogP contribution in [0.15, 0.2) is 68.7 Å². The van der Waals surface area contributed by atoms with Gasteiger partial charge in [0.05, 0.1) is 6.61 Å². The number of hydrogen-bond acceptors (Lipinski definition) is 6. The topological polar surface area (TPSA) is 82.8 Å². The van der Waals surface area contributed by atoms with Gasteiger partial charge in [-0.1, -0.05) is 39.0 Å². The molecule has 30 heavy (non-hydrogen) atoms. The maximum absolute atomic E-state index is 12.6. The van der Waals surface area contributed by atoms with E-state index in [1.54, 1.807) is 18.2 Å². The minimum absolute atomic E-state index is 0.0362. The predicted octanol–water partition coefficient (Wildman–Crippen LogP) is 5.30. The van der Waals surface area contributed by atoms with Crippen molar-refractivity contribution in [2.24, 2.45) is 0 Å². The second-order valence-corrected chi connectivity index (χ2v) is 8.63. The van der Waals surface area contributed by atoms with Crippen molar-refractivity contribution in [1.29, 1.82) is 0 Å². The van der Waals surface area contributed by atoms with Crippen LogP contribution in [0.1, 0.15) is 45.4 Å². The van der Waals surface area contributed by atoms with Crippen molar-refractivity contribution in [3.63, 3.8) is 0 Å². The van der Waals surface area contributed by atoms with Crippen LogP contribution in [0.4, 0.5) is 0 Å². The molecular weight excluding hydrogens is 404 g/mol. The van der Waals surface area contributed by atoms with E-state index in [2.05, 4.69) is 6.92 Å². The van der Waals surface area contributed by atoms with E-state index in [1.807, 2.05) is 0 Å². The summed E-state index contributed by atoms with van der Waals surface area (Å²) in [6.45, 7) is 2.81. The lowest BCUT2D eigenvalue weighted by molar-refractivity contribution is 0.304. The number of ether oxygens (including phenoxy) is 1. The molecular formula is C23H26O6S. The number of unbranched alkanes of at least 4 members (excludes halogenated alkanes) is 5. The van der Waals surface area contributed by atoms with Crippen molar-refractivity contribution in [1.82, 2.24) is 0 Å². The monoisotopic (exact) mass is 430 g/mol. The fourth-order valence-corrected chi connectivity index (χ4v) is 3.97. The molecule has 3 aromatic rings. The average Bonchev–Trinajstić information content (AvgIpc) is 2.73. The van der Waals surface area contributed by atoms with E-state index >= 15 is 0 Å². The standard InChI is InChI=1S/C23H26O6S/c1-2-3-4-5-6-7-16-27-19-9-12-21(13-10-19)30(25,26)29-20-11-14-22-18(17-20)8-15-23(24)28-22/h8-15,17H,2-7,16H2,1H3. The third-order valence-corrected chi connectivity index (χ3v) is 5.94. The summed E-state index contributed by atoms with van der Waals surface area (Å²) in [6.07, 6.45) is 7.09. The SMILES string of the molecule is CCCCCCCCOc1ccc(S(=O)(=O)Oc2ccc3oc(=O)ccc3c2)cc1. The molecule has 0 fully saturated rings. The summed E-state index contributed by atoms with van der Waals surface area (Å²) >= 11 is 0. The van der Waals surface area contributed by atoms with E-state index in [0.29, 0.717) is 23.3 Å². The number of rotatable bonds is 11. The Bertz CT molecular complexity index is 1120. The molecule has 3 rings (SSSR count). The molecule has 0 N–H and O–H groups in total. The number of fused-ring (bicyclic) bond motifs is 1. The molecule has 1 heterocycles. The second kappa shape index (κ2) is 10.3. The van der Waals surface area contributed by atoms with Gasteiger partial charge in [-0.25, -0.2) is 4.79 Å². The van der Waals surface area contributed by atoms with Gasteiger partial charge in [0.2, 0.25) is 0 Å². The van der Waals surface area contributed by atoms with Crippen LogP contribution >= 0.6 is 0 Å². The first kappa shape index (κ1) is 21.9. The minimum Gasteiger partial charge on any atom is -0.494 e. The highest BCUT2D eigenvalue weighted by Gasteiger charge is 2.17. The summed E-state index contributed by atoms with van der Waals surface area (Å²) in [4.78, 5) is 11.3. The molecule has 0 spiro atoms. The first-order valence-electron chi connectivity index (χ1n) is 10.2. The first-order chi connectivity index (χ1) is 14.5. The molecule has 1 aromatic heterocycles. The summed E-state index contributed by atoms with van der Waals surface area (Å²) < 4.78 is 41.0. The smallest absolute Gasteiger partial charge is 0.339 e. The van der Waals surface area contributed by atoms with Gasteiger partial charge in [0.1, 0.15) is 22.0 Å². The third kappa shape index (κ3) is 6.10. The quantitative estimate of drug-likeness (QED) is 0.233. The zero-order chi connectivity index (χ0) is 21.4. The second-order valence-electron chi connectivity index (χ2n) is 7.08. The lowest BCUT2D eigenvalue weighted by atomic mass is 10.1. The van der Waals surface area contributed by atoms with Gasteiger partial charge in [-0.3, -0.25) is 0 Å². The normalized spacial score (nSPS) is 11.5. The summed E-state index contributed by atoms with van der Waals surface area (Å²) in [6, 6.07) is 13.5. The number of hydrogen-bond donors (Lipinski definition) is 0. The van der Waals surface area contributed by atoms with Crippen LogP contribution in [-0.2, 0) is 10.1 Å². The molecule has 0 saturated carbocycles. The minimum atomic E-state index is -3.99. The van der Waals surface area contributed by atoms with Gasteiger partial charge in [-0.15, -0.1) is 0 Å². The molecule has 0 aliphatic heterocycles. The van der Waals surface area contributed by atoms with Gasteiger partial charge < -0.3 is 13.3 Å². The van der Waals surface area contributed by atoms with Crippen LogP contribution in [0.25, 0.3) is 11.0 Å². The molecule has 160 valence electrons. The Morgan fingerprint density at radius 2 is 1.53 bits per heavy atom. The van der Waals surface area contributed by atoms with E-state index in [-0.39, 0.29) is 10.6 Å². The van der Waals surface area contributed by atoms with Crippen molar-refractivity contribution >= 4 is 21.1 Å². The highest BCUT2D eigenvalue weighted by molar-refractivity contribution is 7.87. The van der Waals surface area contributed by atoms with E-state index in [0.717, 1.165) is 12.8 Å². The molecule has 0 amide bonds. The average molecular weight is 431 g/mol. The van der Waals surface area contributed by atoms with Crippen molar-refractivity contribution in [2.45, 2.75) is 50.3 Å². The summed E-state index contributed by atoms with van der Waals surface area (Å²) in [5, 5.41) is 0.570. The maximum atomic E-state index is 12.6. The highest BCUT2D eigenvalue weighted by atomic mass is 32.2. The molecule has 0 bridgehead atoms. The lowest BCUT2D eigenvalue weighted by Gasteiger charge is -2.09. The fraction of sp³-hybridized carbons (Fsp3) is 0.348. The van der Waals surface area contributed by atoms with Crippen molar-refractivity contribution < 1.29 is 21.8 Å². The largest absolute Gasteiger partial charge is 0.494 e. The molecule has 0 atom stereocenters. The van der Waals surface area contributed by atoms with Crippen LogP contribution in [0.3, 0.4) is 0 Å². The van der Waals surface area contributed by atoms with Crippen LogP contribution in [0, 0.1) is 0 Å². The van der Waals surface area contributed by atoms with Crippen molar-refractivity contribution in [3.8, 4) is 11.5 Å². The maximum Gasteiger partial charge on any atom is 0.339 e. The summed E-state index contributed by atoms with van der Waals surface area (Å²) in [5.41, 5.74) is -0.110. The predicted molar refractivity (Wildman–Crippen MR) is 116 cm³/mol. The van der Waals surface area contributed by atoms with E-state index < -0.39 is 15.7 Å². The van der Waals surface area contributed by atoms with E-state index in [4.69, 9.17) is 13.3 Å². The van der Waals surface area contributed by atoms with Gasteiger partial charge in [0.15, 0.2) is 0 Å². The number of benzene rings is 2. The molecule has 0 aliphatic rings. The summed E-state index contributed by atoms with van der Waals surface area (Å²) in [5.74, 6) is 0.767. The zero-order valence-electron chi connectivity index (χ0n) is 17.0. The Kier molecular flexibility index (Phi) is 7.52. The van der Waals surface area contributed by atoms with Crippen LogP contribution in [0.2, 0.25) is 0 Å². The van der Waals surface area contributed by atoms with Crippen LogP contribution < -0.4 is 14.5 Å². The van der Waals surface area contributed by atoms with Gasteiger partial charge in [-0.2, -0.15) is 8.42 Å². The molecule has 0 aliphatic carbocycles. The van der Waals surface area contributed by atoms with Crippen LogP contribution in [-0.4, -0.2) is 15.0 Å². The molecule has 7 heteroatoms. The zero-order valence-corrected chi connectivity index (χ0v) is 17.8. The molecule has 0 radical (unpaired) electrons. The first-order valence-corrected chi connectivity index (χ1v) is 11.6. The molecule has 6 nitrogen and oxygen atoms in total. The van der Waals surface area contributed by atoms with E-state index in [1.165, 1.54) is 62.1 Å². The van der Waals surface area contributed by atoms with Gasteiger partial charge in [-0.05, 0) is 55.0 Å². The van der Waals surface area contributed by atoms with E-state index in [9.17, 15) is 13.2 Å². The Balaban J connectivity index is 1.57. The van der Waals surface area contributed by atoms with Gasteiger partial charge >= 0.3 is 15.7 Å². The molecule has 0 unspecified atom stereocenters. The van der Waals surface area contributed by atoms with Gasteiger partial charge in [0.25, 0.3) is 0 Å². The molecule has 2 aromatic carbocycles. The highest BCUT2D eigenvalue weighted by Crippen LogP contribution is 2.24. The Morgan fingerprint density at radius 1 is 0.833 bits per heavy atom. The van der Waals surface area contributed by atoms with Crippen LogP contribution in [0.5, 0.6) is 11.5 Å². The van der Waals surface area contributed by atoms with Crippen molar-refractivity contribution in [2.75, 3.05) is 6.61 Å².